The van der Waals surface area contributed by atoms with E-state index in [4.69, 9.17) is 4.74 Å². The van der Waals surface area contributed by atoms with Crippen molar-refractivity contribution in [2.24, 2.45) is 0 Å². The first kappa shape index (κ1) is 16.8. The van der Waals surface area contributed by atoms with Crippen molar-refractivity contribution in [2.75, 3.05) is 6.61 Å². The van der Waals surface area contributed by atoms with Crippen molar-refractivity contribution in [3.8, 4) is 11.4 Å². The van der Waals surface area contributed by atoms with Crippen LogP contribution in [0.1, 0.15) is 30.1 Å². The van der Waals surface area contributed by atoms with Crippen LogP contribution in [-0.2, 0) is 0 Å². The van der Waals surface area contributed by atoms with Crippen LogP contribution in [0, 0.1) is 0 Å². The van der Waals surface area contributed by atoms with Gasteiger partial charge >= 0.3 is 5.97 Å². The Hall–Kier alpha value is -3.08. The number of hydrogen-bond acceptors (Lipinski definition) is 3. The van der Waals surface area contributed by atoms with Gasteiger partial charge in [-0.25, -0.2) is 4.79 Å². The average Bonchev–Trinajstić information content (AvgIpc) is 2.62. The number of para-hydroxylation sites is 1. The maximum atomic E-state index is 12.4. The van der Waals surface area contributed by atoms with E-state index in [0.29, 0.717) is 23.3 Å². The number of hydrogen-bond donors (Lipinski definition) is 1. The van der Waals surface area contributed by atoms with E-state index in [9.17, 15) is 14.7 Å². The second-order valence-electron chi connectivity index (χ2n) is 5.76. The van der Waals surface area contributed by atoms with E-state index in [1.807, 2.05) is 30.3 Å². The quantitative estimate of drug-likeness (QED) is 0.693. The lowest BCUT2D eigenvalue weighted by molar-refractivity contribution is 0.0695. The highest BCUT2D eigenvalue weighted by atomic mass is 16.5. The molecule has 5 heteroatoms. The van der Waals surface area contributed by atoms with Gasteiger partial charge in [-0.2, -0.15) is 0 Å². The number of benzene rings is 2. The van der Waals surface area contributed by atoms with Gasteiger partial charge in [0.05, 0.1) is 12.1 Å². The number of aromatic nitrogens is 1. The Morgan fingerprint density at radius 2 is 1.96 bits per heavy atom. The van der Waals surface area contributed by atoms with E-state index >= 15 is 0 Å². The number of rotatable bonds is 6. The van der Waals surface area contributed by atoms with Crippen molar-refractivity contribution in [3.63, 3.8) is 0 Å². The normalized spacial score (nSPS) is 10.8. The molecule has 0 aliphatic rings. The number of unbranched alkanes of at least 4 members (excludes halogenated alkanes) is 1. The highest BCUT2D eigenvalue weighted by molar-refractivity contribution is 5.93. The van der Waals surface area contributed by atoms with Crippen LogP contribution in [0.15, 0.2) is 59.5 Å². The zero-order chi connectivity index (χ0) is 17.8. The van der Waals surface area contributed by atoms with Gasteiger partial charge in [0.1, 0.15) is 11.3 Å². The molecule has 0 saturated heterocycles. The molecule has 0 spiro atoms. The second-order valence-corrected chi connectivity index (χ2v) is 5.76. The third-order valence-corrected chi connectivity index (χ3v) is 4.00. The van der Waals surface area contributed by atoms with Crippen molar-refractivity contribution in [1.82, 2.24) is 4.57 Å². The molecule has 3 rings (SSSR count). The number of ether oxygens (including phenoxy) is 1. The number of pyridine rings is 1. The predicted molar refractivity (Wildman–Crippen MR) is 96.9 cm³/mol. The van der Waals surface area contributed by atoms with Crippen molar-refractivity contribution in [2.45, 2.75) is 19.8 Å². The lowest BCUT2D eigenvalue weighted by atomic mass is 10.1. The van der Waals surface area contributed by atoms with Gasteiger partial charge in [0.15, 0.2) is 0 Å². The summed E-state index contributed by atoms with van der Waals surface area (Å²) in [5.74, 6) is -0.523. The van der Waals surface area contributed by atoms with Crippen LogP contribution >= 0.6 is 0 Å². The minimum Gasteiger partial charge on any atom is -0.494 e. The van der Waals surface area contributed by atoms with E-state index in [0.717, 1.165) is 18.5 Å². The SMILES string of the molecule is CCCCOc1cccc(-n2cc(C(=O)O)c(=O)c3ccccc32)c1. The molecular weight excluding hydrogens is 318 g/mol. The Bertz CT molecular complexity index is 975. The van der Waals surface area contributed by atoms with E-state index < -0.39 is 11.4 Å². The Balaban J connectivity index is 2.15. The number of aromatic carboxylic acids is 1. The summed E-state index contributed by atoms with van der Waals surface area (Å²) in [5.41, 5.74) is 0.668. The van der Waals surface area contributed by atoms with Crippen LogP contribution in [0.2, 0.25) is 0 Å². The summed E-state index contributed by atoms with van der Waals surface area (Å²) in [4.78, 5) is 23.8. The average molecular weight is 337 g/mol. The smallest absolute Gasteiger partial charge is 0.341 e. The number of carboxylic acid groups (broad SMARTS) is 1. The number of carbonyl (C=O) groups is 1. The molecule has 1 N–H and O–H groups in total. The van der Waals surface area contributed by atoms with Crippen LogP contribution in [0.25, 0.3) is 16.6 Å². The fourth-order valence-electron chi connectivity index (χ4n) is 2.70. The summed E-state index contributed by atoms with van der Waals surface area (Å²) >= 11 is 0. The first-order valence-electron chi connectivity index (χ1n) is 8.22. The molecule has 0 fully saturated rings. The summed E-state index contributed by atoms with van der Waals surface area (Å²) in [6.07, 6.45) is 3.39. The molecule has 1 aromatic heterocycles. The molecule has 1 heterocycles. The summed E-state index contributed by atoms with van der Waals surface area (Å²) in [7, 11) is 0. The van der Waals surface area contributed by atoms with Gasteiger partial charge < -0.3 is 14.4 Å². The van der Waals surface area contributed by atoms with E-state index in [-0.39, 0.29) is 5.56 Å². The molecule has 0 radical (unpaired) electrons. The Morgan fingerprint density at radius 1 is 1.16 bits per heavy atom. The standard InChI is InChI=1S/C20H19NO4/c1-2-3-11-25-15-8-6-7-14(12-15)21-13-17(20(23)24)19(22)16-9-4-5-10-18(16)21/h4-10,12-13H,2-3,11H2,1H3,(H,23,24). The fraction of sp³-hybridized carbons (Fsp3) is 0.200. The van der Waals surface area contributed by atoms with E-state index in [2.05, 4.69) is 6.92 Å². The molecule has 5 nitrogen and oxygen atoms in total. The Morgan fingerprint density at radius 3 is 2.72 bits per heavy atom. The zero-order valence-corrected chi connectivity index (χ0v) is 13.9. The third-order valence-electron chi connectivity index (χ3n) is 4.00. The van der Waals surface area contributed by atoms with Crippen LogP contribution in [0.3, 0.4) is 0 Å². The summed E-state index contributed by atoms with van der Waals surface area (Å²) in [5, 5.41) is 9.73. The zero-order valence-electron chi connectivity index (χ0n) is 13.9. The maximum absolute atomic E-state index is 12.4. The van der Waals surface area contributed by atoms with Crippen molar-refractivity contribution in [3.05, 3.63) is 70.5 Å². The highest BCUT2D eigenvalue weighted by Crippen LogP contribution is 2.21. The molecule has 0 atom stereocenters. The van der Waals surface area contributed by atoms with Gasteiger partial charge in [0, 0.05) is 23.3 Å². The van der Waals surface area contributed by atoms with Crippen LogP contribution in [0.5, 0.6) is 5.75 Å². The number of nitrogens with zero attached hydrogens (tertiary/aromatic N) is 1. The minimum absolute atomic E-state index is 0.254. The lowest BCUT2D eigenvalue weighted by Gasteiger charge is -2.14. The lowest BCUT2D eigenvalue weighted by Crippen LogP contribution is -2.18. The van der Waals surface area contributed by atoms with Gasteiger partial charge in [-0.3, -0.25) is 4.79 Å². The van der Waals surface area contributed by atoms with Crippen LogP contribution < -0.4 is 10.2 Å². The van der Waals surface area contributed by atoms with Gasteiger partial charge in [0.2, 0.25) is 5.43 Å². The maximum Gasteiger partial charge on any atom is 0.341 e. The molecule has 0 bridgehead atoms. The molecule has 0 saturated carbocycles. The summed E-state index contributed by atoms with van der Waals surface area (Å²) in [6.45, 7) is 2.73. The summed E-state index contributed by atoms with van der Waals surface area (Å²) < 4.78 is 7.45. The van der Waals surface area contributed by atoms with Gasteiger partial charge in [0.25, 0.3) is 0 Å². The van der Waals surface area contributed by atoms with Gasteiger partial charge in [-0.15, -0.1) is 0 Å². The van der Waals surface area contributed by atoms with Gasteiger partial charge in [-0.1, -0.05) is 31.5 Å². The molecule has 0 aliphatic carbocycles. The second kappa shape index (κ2) is 7.21. The molecule has 128 valence electrons. The first-order chi connectivity index (χ1) is 12.1. The molecular formula is C20H19NO4. The van der Waals surface area contributed by atoms with E-state index in [1.54, 1.807) is 22.8 Å². The minimum atomic E-state index is -1.24. The topological polar surface area (TPSA) is 68.5 Å². The van der Waals surface area contributed by atoms with Gasteiger partial charge in [-0.05, 0) is 30.7 Å². The van der Waals surface area contributed by atoms with E-state index in [1.165, 1.54) is 6.20 Å². The van der Waals surface area contributed by atoms with Crippen molar-refractivity contribution in [1.29, 1.82) is 0 Å². The number of fused-ring (bicyclic) bond motifs is 1. The Labute approximate surface area is 145 Å². The largest absolute Gasteiger partial charge is 0.494 e. The molecule has 0 unspecified atom stereocenters. The predicted octanol–water partition coefficient (Wildman–Crippen LogP) is 3.87. The van der Waals surface area contributed by atoms with Crippen LogP contribution in [0.4, 0.5) is 0 Å². The molecule has 25 heavy (non-hydrogen) atoms. The molecule has 2 aromatic carbocycles. The van der Waals surface area contributed by atoms with Crippen LogP contribution in [-0.4, -0.2) is 22.2 Å². The fourth-order valence-corrected chi connectivity index (χ4v) is 2.70. The molecule has 0 amide bonds. The number of carboxylic acids is 1. The summed E-state index contributed by atoms with van der Waals surface area (Å²) in [6, 6.07) is 14.4. The Kier molecular flexibility index (Phi) is 4.84. The van der Waals surface area contributed by atoms with Crippen molar-refractivity contribution >= 4 is 16.9 Å². The first-order valence-corrected chi connectivity index (χ1v) is 8.22. The molecule has 0 aliphatic heterocycles. The van der Waals surface area contributed by atoms with Crippen molar-refractivity contribution < 1.29 is 14.6 Å². The highest BCUT2D eigenvalue weighted by Gasteiger charge is 2.15. The molecule has 3 aromatic rings. The monoisotopic (exact) mass is 337 g/mol. The third kappa shape index (κ3) is 3.40.